The van der Waals surface area contributed by atoms with Crippen LogP contribution in [0.2, 0.25) is 0 Å². The van der Waals surface area contributed by atoms with E-state index in [2.05, 4.69) is 15.3 Å². The molecule has 1 aromatic rings. The summed E-state index contributed by atoms with van der Waals surface area (Å²) in [5.41, 5.74) is -0.186. The van der Waals surface area contributed by atoms with Crippen LogP contribution in [0.25, 0.3) is 0 Å². The minimum absolute atomic E-state index is 0.0791. The molecule has 0 spiro atoms. The Labute approximate surface area is 111 Å². The Morgan fingerprint density at radius 2 is 2.26 bits per heavy atom. The smallest absolute Gasteiger partial charge is 0.306 e. The van der Waals surface area contributed by atoms with Gasteiger partial charge in [0.25, 0.3) is 5.56 Å². The fourth-order valence-electron chi connectivity index (χ4n) is 2.37. The van der Waals surface area contributed by atoms with Crippen molar-refractivity contribution >= 4 is 11.8 Å². The van der Waals surface area contributed by atoms with Crippen molar-refractivity contribution < 1.29 is 9.90 Å². The van der Waals surface area contributed by atoms with Crippen LogP contribution < -0.4 is 10.9 Å². The summed E-state index contributed by atoms with van der Waals surface area (Å²) >= 11 is 0. The number of carboxylic acids is 1. The van der Waals surface area contributed by atoms with Gasteiger partial charge in [-0.05, 0) is 19.3 Å². The van der Waals surface area contributed by atoms with Crippen molar-refractivity contribution in [3.63, 3.8) is 0 Å². The number of aromatic nitrogens is 2. The number of aromatic amines is 1. The predicted octanol–water partition coefficient (Wildman–Crippen LogP) is 1.56. The van der Waals surface area contributed by atoms with E-state index in [9.17, 15) is 9.59 Å². The van der Waals surface area contributed by atoms with Crippen LogP contribution in [-0.4, -0.2) is 27.1 Å². The van der Waals surface area contributed by atoms with Gasteiger partial charge in [-0.1, -0.05) is 13.8 Å². The average molecular weight is 265 g/mol. The largest absolute Gasteiger partial charge is 0.481 e. The fraction of sp³-hybridized carbons (Fsp3) is 0.615. The lowest BCUT2D eigenvalue weighted by molar-refractivity contribution is -0.141. The number of hydrogen-bond acceptors (Lipinski definition) is 4. The first-order valence-corrected chi connectivity index (χ1v) is 6.56. The van der Waals surface area contributed by atoms with Gasteiger partial charge in [0.1, 0.15) is 11.6 Å². The first kappa shape index (κ1) is 13.6. The fourth-order valence-corrected chi connectivity index (χ4v) is 2.37. The minimum Gasteiger partial charge on any atom is -0.481 e. The Balaban J connectivity index is 2.08. The van der Waals surface area contributed by atoms with E-state index >= 15 is 0 Å². The van der Waals surface area contributed by atoms with Crippen molar-refractivity contribution in [1.29, 1.82) is 0 Å². The second-order valence-electron chi connectivity index (χ2n) is 5.36. The van der Waals surface area contributed by atoms with E-state index in [0.29, 0.717) is 24.5 Å². The van der Waals surface area contributed by atoms with Crippen LogP contribution in [0.15, 0.2) is 10.9 Å². The van der Waals surface area contributed by atoms with Gasteiger partial charge in [-0.2, -0.15) is 0 Å². The number of anilines is 1. The normalized spacial score (nSPS) is 22.7. The molecule has 2 unspecified atom stereocenters. The number of hydrogen-bond donors (Lipinski definition) is 3. The van der Waals surface area contributed by atoms with E-state index in [1.807, 2.05) is 13.8 Å². The summed E-state index contributed by atoms with van der Waals surface area (Å²) in [6.07, 6.45) is 2.05. The third kappa shape index (κ3) is 3.33. The second-order valence-corrected chi connectivity index (χ2v) is 5.36. The summed E-state index contributed by atoms with van der Waals surface area (Å²) in [6, 6.07) is 1.50. The molecule has 1 aliphatic carbocycles. The number of carboxylic acid groups (broad SMARTS) is 1. The van der Waals surface area contributed by atoms with Crippen LogP contribution in [0.4, 0.5) is 5.82 Å². The van der Waals surface area contributed by atoms with Gasteiger partial charge in [0.2, 0.25) is 0 Å². The molecule has 1 aromatic heterocycles. The van der Waals surface area contributed by atoms with Gasteiger partial charge in [-0.3, -0.25) is 9.59 Å². The topological polar surface area (TPSA) is 95.1 Å². The first-order valence-electron chi connectivity index (χ1n) is 6.56. The van der Waals surface area contributed by atoms with Gasteiger partial charge < -0.3 is 15.4 Å². The predicted molar refractivity (Wildman–Crippen MR) is 71.3 cm³/mol. The molecule has 0 saturated heterocycles. The zero-order valence-corrected chi connectivity index (χ0v) is 11.1. The van der Waals surface area contributed by atoms with Crippen LogP contribution in [0.1, 0.15) is 44.9 Å². The standard InChI is InChI=1S/C13H19N3O3/c1-7(2)12-15-10(6-11(17)16-12)14-9-4-3-8(5-9)13(18)19/h6-9H,3-5H2,1-2H3,(H,18,19)(H2,14,15,16,17). The summed E-state index contributed by atoms with van der Waals surface area (Å²) in [6.45, 7) is 3.91. The van der Waals surface area contributed by atoms with Crippen molar-refractivity contribution in [1.82, 2.24) is 9.97 Å². The van der Waals surface area contributed by atoms with Crippen LogP contribution in [0, 0.1) is 5.92 Å². The second kappa shape index (κ2) is 5.42. The van der Waals surface area contributed by atoms with E-state index < -0.39 is 5.97 Å². The molecule has 1 heterocycles. The number of carbonyl (C=O) groups is 1. The highest BCUT2D eigenvalue weighted by molar-refractivity contribution is 5.70. The van der Waals surface area contributed by atoms with E-state index in [4.69, 9.17) is 5.11 Å². The third-order valence-corrected chi connectivity index (χ3v) is 3.44. The molecule has 1 fully saturated rings. The maximum Gasteiger partial charge on any atom is 0.306 e. The SMILES string of the molecule is CC(C)c1nc(NC2CCC(C(=O)O)C2)cc(=O)[nH]1. The van der Waals surface area contributed by atoms with Crippen molar-refractivity contribution in [3.05, 3.63) is 22.2 Å². The Morgan fingerprint density at radius 3 is 2.84 bits per heavy atom. The number of H-pyrrole nitrogens is 1. The highest BCUT2D eigenvalue weighted by atomic mass is 16.4. The molecule has 6 nitrogen and oxygen atoms in total. The lowest BCUT2D eigenvalue weighted by Gasteiger charge is -2.14. The molecule has 2 atom stereocenters. The number of rotatable bonds is 4. The maximum absolute atomic E-state index is 11.5. The van der Waals surface area contributed by atoms with Crippen molar-refractivity contribution in [2.75, 3.05) is 5.32 Å². The molecule has 1 aliphatic rings. The Hall–Kier alpha value is -1.85. The minimum atomic E-state index is -0.744. The number of nitrogens with zero attached hydrogens (tertiary/aromatic N) is 1. The highest BCUT2D eigenvalue weighted by Gasteiger charge is 2.29. The molecule has 19 heavy (non-hydrogen) atoms. The quantitative estimate of drug-likeness (QED) is 0.768. The van der Waals surface area contributed by atoms with Crippen molar-refractivity contribution in [2.45, 2.75) is 45.1 Å². The lowest BCUT2D eigenvalue weighted by atomic mass is 10.1. The summed E-state index contributed by atoms with van der Waals surface area (Å²) in [5.74, 6) is 0.283. The van der Waals surface area contributed by atoms with Crippen molar-refractivity contribution in [3.8, 4) is 0 Å². The molecule has 0 bridgehead atoms. The summed E-state index contributed by atoms with van der Waals surface area (Å²) < 4.78 is 0. The molecular weight excluding hydrogens is 246 g/mol. The molecule has 0 amide bonds. The highest BCUT2D eigenvalue weighted by Crippen LogP contribution is 2.27. The average Bonchev–Trinajstić information content (AvgIpc) is 2.76. The number of nitrogens with one attached hydrogen (secondary N) is 2. The van der Waals surface area contributed by atoms with E-state index in [-0.39, 0.29) is 23.4 Å². The molecule has 3 N–H and O–H groups in total. The molecule has 1 saturated carbocycles. The van der Waals surface area contributed by atoms with Crippen LogP contribution in [0.3, 0.4) is 0 Å². The molecule has 6 heteroatoms. The number of aliphatic carboxylic acids is 1. The van der Waals surface area contributed by atoms with E-state index in [0.717, 1.165) is 6.42 Å². The molecular formula is C13H19N3O3. The first-order chi connectivity index (χ1) is 8.95. The Kier molecular flexibility index (Phi) is 3.87. The third-order valence-electron chi connectivity index (χ3n) is 3.44. The van der Waals surface area contributed by atoms with Gasteiger partial charge in [-0.25, -0.2) is 4.98 Å². The van der Waals surface area contributed by atoms with Crippen LogP contribution in [0.5, 0.6) is 0 Å². The van der Waals surface area contributed by atoms with Gasteiger partial charge in [0.05, 0.1) is 5.92 Å². The van der Waals surface area contributed by atoms with Gasteiger partial charge in [0.15, 0.2) is 0 Å². The summed E-state index contributed by atoms with van der Waals surface area (Å²) in [7, 11) is 0. The zero-order valence-electron chi connectivity index (χ0n) is 11.1. The van der Waals surface area contributed by atoms with Gasteiger partial charge in [0, 0.05) is 18.0 Å². The summed E-state index contributed by atoms with van der Waals surface area (Å²) in [4.78, 5) is 29.5. The van der Waals surface area contributed by atoms with Crippen molar-refractivity contribution in [2.24, 2.45) is 5.92 Å². The van der Waals surface area contributed by atoms with Crippen LogP contribution >= 0.6 is 0 Å². The molecule has 2 rings (SSSR count). The van der Waals surface area contributed by atoms with Crippen LogP contribution in [-0.2, 0) is 4.79 Å². The maximum atomic E-state index is 11.5. The van der Waals surface area contributed by atoms with E-state index in [1.165, 1.54) is 6.07 Å². The molecule has 0 aromatic carbocycles. The molecule has 0 aliphatic heterocycles. The monoisotopic (exact) mass is 265 g/mol. The van der Waals surface area contributed by atoms with Gasteiger partial charge in [-0.15, -0.1) is 0 Å². The summed E-state index contributed by atoms with van der Waals surface area (Å²) in [5, 5.41) is 12.1. The van der Waals surface area contributed by atoms with E-state index in [1.54, 1.807) is 0 Å². The molecule has 104 valence electrons. The Morgan fingerprint density at radius 1 is 1.53 bits per heavy atom. The molecule has 0 radical (unpaired) electrons. The van der Waals surface area contributed by atoms with Gasteiger partial charge >= 0.3 is 5.97 Å². The lowest BCUT2D eigenvalue weighted by Crippen LogP contribution is -2.21. The zero-order chi connectivity index (χ0) is 14.0. The Bertz CT molecular complexity index is 524.